The summed E-state index contributed by atoms with van der Waals surface area (Å²) in [4.78, 5) is 0. The van der Waals surface area contributed by atoms with Crippen molar-refractivity contribution in [1.82, 2.24) is 0 Å². The Bertz CT molecular complexity index is 531. The number of hydrogen-bond acceptors (Lipinski definition) is 1. The van der Waals surface area contributed by atoms with E-state index in [1.165, 1.54) is 11.1 Å². The van der Waals surface area contributed by atoms with Crippen LogP contribution < -0.4 is 5.32 Å². The topological polar surface area (TPSA) is 12.0 Å². The van der Waals surface area contributed by atoms with Gasteiger partial charge in [-0.2, -0.15) is 0 Å². The van der Waals surface area contributed by atoms with Gasteiger partial charge in [0.15, 0.2) is 0 Å². The molecule has 94 valence electrons. The van der Waals surface area contributed by atoms with Crippen molar-refractivity contribution in [2.75, 3.05) is 5.32 Å². The molecule has 0 bridgehead atoms. The molecule has 0 radical (unpaired) electrons. The van der Waals surface area contributed by atoms with Crippen LogP contribution in [0.5, 0.6) is 0 Å². The van der Waals surface area contributed by atoms with Crippen molar-refractivity contribution in [3.8, 4) is 0 Å². The lowest BCUT2D eigenvalue weighted by Gasteiger charge is -2.16. The Morgan fingerprint density at radius 3 is 2.28 bits per heavy atom. The van der Waals surface area contributed by atoms with E-state index < -0.39 is 0 Å². The zero-order valence-corrected chi connectivity index (χ0v) is 11.0. The summed E-state index contributed by atoms with van der Waals surface area (Å²) >= 11 is 0. The molecule has 0 amide bonds. The third-order valence-corrected chi connectivity index (χ3v) is 3.13. The summed E-state index contributed by atoms with van der Waals surface area (Å²) < 4.78 is 13.4. The maximum atomic E-state index is 13.4. The van der Waals surface area contributed by atoms with Gasteiger partial charge in [0.2, 0.25) is 0 Å². The van der Waals surface area contributed by atoms with Crippen LogP contribution in [0, 0.1) is 19.7 Å². The Hall–Kier alpha value is -1.83. The van der Waals surface area contributed by atoms with Crippen molar-refractivity contribution in [2.24, 2.45) is 0 Å². The van der Waals surface area contributed by atoms with Crippen molar-refractivity contribution in [1.29, 1.82) is 0 Å². The molecule has 1 atom stereocenters. The van der Waals surface area contributed by atoms with E-state index in [2.05, 4.69) is 43.4 Å². The van der Waals surface area contributed by atoms with Crippen molar-refractivity contribution in [3.05, 3.63) is 65.0 Å². The molecule has 2 aromatic carbocycles. The summed E-state index contributed by atoms with van der Waals surface area (Å²) in [6.07, 6.45) is 0. The van der Waals surface area contributed by atoms with E-state index in [0.717, 1.165) is 5.69 Å². The van der Waals surface area contributed by atoms with E-state index in [-0.39, 0.29) is 11.9 Å². The van der Waals surface area contributed by atoms with Gasteiger partial charge in [-0.3, -0.25) is 0 Å². The second kappa shape index (κ2) is 5.21. The van der Waals surface area contributed by atoms with Crippen molar-refractivity contribution >= 4 is 5.69 Å². The highest BCUT2D eigenvalue weighted by Gasteiger charge is 2.06. The van der Waals surface area contributed by atoms with Crippen LogP contribution in [0.25, 0.3) is 0 Å². The van der Waals surface area contributed by atoms with Gasteiger partial charge in [-0.15, -0.1) is 0 Å². The molecule has 1 nitrogen and oxygen atoms in total. The van der Waals surface area contributed by atoms with Crippen LogP contribution in [0.3, 0.4) is 0 Å². The van der Waals surface area contributed by atoms with Gasteiger partial charge in [0, 0.05) is 11.7 Å². The van der Waals surface area contributed by atoms with Crippen LogP contribution in [0.15, 0.2) is 42.5 Å². The maximum absolute atomic E-state index is 13.4. The monoisotopic (exact) mass is 243 g/mol. The largest absolute Gasteiger partial charge is 0.378 e. The van der Waals surface area contributed by atoms with Gasteiger partial charge in [-0.1, -0.05) is 35.9 Å². The van der Waals surface area contributed by atoms with Gasteiger partial charge >= 0.3 is 0 Å². The summed E-state index contributed by atoms with van der Waals surface area (Å²) in [5, 5.41) is 3.31. The first kappa shape index (κ1) is 12.6. The molecule has 0 aliphatic rings. The minimum absolute atomic E-state index is 0.160. The summed E-state index contributed by atoms with van der Waals surface area (Å²) in [6, 6.07) is 13.8. The first-order chi connectivity index (χ1) is 8.56. The Balaban J connectivity index is 2.13. The fraction of sp³-hybridized carbons (Fsp3) is 0.250. The maximum Gasteiger partial charge on any atom is 0.128 e. The Labute approximate surface area is 108 Å². The molecular weight excluding hydrogens is 225 g/mol. The van der Waals surface area contributed by atoms with Crippen LogP contribution >= 0.6 is 0 Å². The van der Waals surface area contributed by atoms with Gasteiger partial charge in [0.25, 0.3) is 0 Å². The van der Waals surface area contributed by atoms with Gasteiger partial charge in [-0.05, 0) is 44.0 Å². The number of aryl methyl sites for hydroxylation is 2. The van der Waals surface area contributed by atoms with E-state index in [9.17, 15) is 4.39 Å². The van der Waals surface area contributed by atoms with Crippen LogP contribution in [0.2, 0.25) is 0 Å². The molecule has 0 fully saturated rings. The van der Waals surface area contributed by atoms with Crippen molar-refractivity contribution in [3.63, 3.8) is 0 Å². The number of hydrogen-bond donors (Lipinski definition) is 1. The van der Waals surface area contributed by atoms with E-state index in [0.29, 0.717) is 5.56 Å². The molecule has 18 heavy (non-hydrogen) atoms. The molecule has 0 saturated carbocycles. The minimum Gasteiger partial charge on any atom is -0.378 e. The molecule has 0 aliphatic carbocycles. The number of benzene rings is 2. The van der Waals surface area contributed by atoms with Crippen LogP contribution in [0.1, 0.15) is 29.7 Å². The zero-order valence-electron chi connectivity index (χ0n) is 11.0. The fourth-order valence-corrected chi connectivity index (χ4v) is 1.87. The quantitative estimate of drug-likeness (QED) is 0.829. The molecule has 1 N–H and O–H groups in total. The second-order valence-corrected chi connectivity index (χ2v) is 4.74. The van der Waals surface area contributed by atoms with Crippen LogP contribution in [-0.2, 0) is 0 Å². The molecule has 0 heterocycles. The highest BCUT2D eigenvalue weighted by Crippen LogP contribution is 2.21. The van der Waals surface area contributed by atoms with E-state index in [1.54, 1.807) is 19.1 Å². The normalized spacial score (nSPS) is 12.2. The molecule has 1 unspecified atom stereocenters. The van der Waals surface area contributed by atoms with Crippen molar-refractivity contribution < 1.29 is 4.39 Å². The van der Waals surface area contributed by atoms with Gasteiger partial charge < -0.3 is 5.32 Å². The molecule has 0 aromatic heterocycles. The van der Waals surface area contributed by atoms with Gasteiger partial charge in [-0.25, -0.2) is 4.39 Å². The summed E-state index contributed by atoms with van der Waals surface area (Å²) in [5.41, 5.74) is 3.92. The highest BCUT2D eigenvalue weighted by atomic mass is 19.1. The van der Waals surface area contributed by atoms with Gasteiger partial charge in [0.1, 0.15) is 5.82 Å². The second-order valence-electron chi connectivity index (χ2n) is 4.74. The number of nitrogens with one attached hydrogen (secondary N) is 1. The predicted molar refractivity (Wildman–Crippen MR) is 74.4 cm³/mol. The lowest BCUT2D eigenvalue weighted by Crippen LogP contribution is -2.06. The lowest BCUT2D eigenvalue weighted by atomic mass is 10.1. The summed E-state index contributed by atoms with van der Waals surface area (Å²) in [7, 11) is 0. The highest BCUT2D eigenvalue weighted by molar-refractivity contribution is 5.47. The first-order valence-corrected chi connectivity index (χ1v) is 6.15. The third kappa shape index (κ3) is 2.89. The predicted octanol–water partition coefficient (Wildman–Crippen LogP) is 4.62. The minimum atomic E-state index is -0.170. The third-order valence-electron chi connectivity index (χ3n) is 3.13. The number of anilines is 1. The van der Waals surface area contributed by atoms with Crippen molar-refractivity contribution in [2.45, 2.75) is 26.8 Å². The summed E-state index contributed by atoms with van der Waals surface area (Å²) in [6.45, 7) is 5.90. The number of halogens is 1. The molecule has 2 aromatic rings. The molecule has 0 saturated heterocycles. The van der Waals surface area contributed by atoms with Crippen LogP contribution in [-0.4, -0.2) is 0 Å². The molecule has 0 spiro atoms. The SMILES string of the molecule is Cc1ccc(C(C)Nc2ccc(C)c(F)c2)cc1. The first-order valence-electron chi connectivity index (χ1n) is 6.15. The Morgan fingerprint density at radius 1 is 1.00 bits per heavy atom. The standard InChI is InChI=1S/C16H18FN/c1-11-4-7-14(8-5-11)13(3)18-15-9-6-12(2)16(17)10-15/h4-10,13,18H,1-3H3. The average Bonchev–Trinajstić information content (AvgIpc) is 2.34. The van der Waals surface area contributed by atoms with Crippen LogP contribution in [0.4, 0.5) is 10.1 Å². The number of rotatable bonds is 3. The zero-order chi connectivity index (χ0) is 13.1. The van der Waals surface area contributed by atoms with E-state index in [4.69, 9.17) is 0 Å². The lowest BCUT2D eigenvalue weighted by molar-refractivity contribution is 0.618. The average molecular weight is 243 g/mol. The Kier molecular flexibility index (Phi) is 3.66. The van der Waals surface area contributed by atoms with E-state index in [1.807, 2.05) is 6.07 Å². The van der Waals surface area contributed by atoms with Gasteiger partial charge in [0.05, 0.1) is 0 Å². The smallest absolute Gasteiger partial charge is 0.128 e. The summed E-state index contributed by atoms with van der Waals surface area (Å²) in [5.74, 6) is -0.170. The molecule has 2 rings (SSSR count). The van der Waals surface area contributed by atoms with E-state index >= 15 is 0 Å². The molecule has 0 aliphatic heterocycles. The fourth-order valence-electron chi connectivity index (χ4n) is 1.87. The Morgan fingerprint density at radius 2 is 1.67 bits per heavy atom. The molecular formula is C16H18FN. The molecule has 2 heteroatoms.